The highest BCUT2D eigenvalue weighted by Gasteiger charge is 2.10. The van der Waals surface area contributed by atoms with Crippen molar-refractivity contribution >= 4 is 27.1 Å². The SMILES string of the molecule is CC(C)(C)CNc1cccc2sccc12. The molecule has 1 nitrogen and oxygen atoms in total. The molecule has 1 heterocycles. The van der Waals surface area contributed by atoms with Crippen LogP contribution in [0.2, 0.25) is 0 Å². The molecule has 0 amide bonds. The highest BCUT2D eigenvalue weighted by molar-refractivity contribution is 7.17. The van der Waals surface area contributed by atoms with Crippen molar-refractivity contribution in [3.8, 4) is 0 Å². The molecule has 2 heteroatoms. The van der Waals surface area contributed by atoms with Gasteiger partial charge in [0.15, 0.2) is 0 Å². The second-order valence-corrected chi connectivity index (χ2v) is 6.00. The van der Waals surface area contributed by atoms with Crippen LogP contribution in [0.15, 0.2) is 29.6 Å². The van der Waals surface area contributed by atoms with Crippen LogP contribution >= 0.6 is 11.3 Å². The van der Waals surface area contributed by atoms with E-state index in [1.54, 1.807) is 11.3 Å². The lowest BCUT2D eigenvalue weighted by molar-refractivity contribution is 0.443. The fourth-order valence-corrected chi connectivity index (χ4v) is 2.32. The minimum absolute atomic E-state index is 0.318. The van der Waals surface area contributed by atoms with Crippen molar-refractivity contribution in [1.82, 2.24) is 0 Å². The molecule has 0 atom stereocenters. The molecule has 0 saturated carbocycles. The van der Waals surface area contributed by atoms with Gasteiger partial charge in [0.05, 0.1) is 0 Å². The monoisotopic (exact) mass is 219 g/mol. The Hall–Kier alpha value is -1.02. The zero-order valence-corrected chi connectivity index (χ0v) is 10.3. The van der Waals surface area contributed by atoms with Crippen molar-refractivity contribution in [1.29, 1.82) is 0 Å². The Morgan fingerprint density at radius 3 is 2.73 bits per heavy atom. The first-order valence-electron chi connectivity index (χ1n) is 5.26. The van der Waals surface area contributed by atoms with Crippen LogP contribution in [-0.2, 0) is 0 Å². The lowest BCUT2D eigenvalue weighted by Crippen LogP contribution is -2.18. The Labute approximate surface area is 95.1 Å². The molecule has 0 unspecified atom stereocenters. The molecule has 0 fully saturated rings. The molecule has 1 N–H and O–H groups in total. The molecule has 0 bridgehead atoms. The molecule has 0 spiro atoms. The summed E-state index contributed by atoms with van der Waals surface area (Å²) >= 11 is 1.79. The Morgan fingerprint density at radius 2 is 2.00 bits per heavy atom. The van der Waals surface area contributed by atoms with Crippen molar-refractivity contribution < 1.29 is 0 Å². The van der Waals surface area contributed by atoms with E-state index in [4.69, 9.17) is 0 Å². The summed E-state index contributed by atoms with van der Waals surface area (Å²) in [6, 6.07) is 8.62. The van der Waals surface area contributed by atoms with Crippen LogP contribution < -0.4 is 5.32 Å². The lowest BCUT2D eigenvalue weighted by Gasteiger charge is -2.20. The van der Waals surface area contributed by atoms with Crippen LogP contribution in [0.5, 0.6) is 0 Å². The maximum Gasteiger partial charge on any atom is 0.0428 e. The van der Waals surface area contributed by atoms with Crippen LogP contribution in [0.1, 0.15) is 20.8 Å². The molecular weight excluding hydrogens is 202 g/mol. The maximum absolute atomic E-state index is 3.52. The van der Waals surface area contributed by atoms with Crippen molar-refractivity contribution in [3.05, 3.63) is 29.6 Å². The van der Waals surface area contributed by atoms with Gasteiger partial charge in [0, 0.05) is 22.3 Å². The van der Waals surface area contributed by atoms with Gasteiger partial charge in [0.25, 0.3) is 0 Å². The maximum atomic E-state index is 3.52. The van der Waals surface area contributed by atoms with E-state index in [1.807, 2.05) is 0 Å². The summed E-state index contributed by atoms with van der Waals surface area (Å²) < 4.78 is 1.36. The summed E-state index contributed by atoms with van der Waals surface area (Å²) in [6.45, 7) is 7.73. The number of nitrogens with one attached hydrogen (secondary N) is 1. The number of rotatable bonds is 2. The zero-order chi connectivity index (χ0) is 10.9. The first-order chi connectivity index (χ1) is 7.06. The van der Waals surface area contributed by atoms with Gasteiger partial charge in [-0.25, -0.2) is 0 Å². The third-order valence-electron chi connectivity index (χ3n) is 2.31. The lowest BCUT2D eigenvalue weighted by atomic mass is 9.97. The Kier molecular flexibility index (Phi) is 2.70. The predicted octanol–water partition coefficient (Wildman–Crippen LogP) is 4.36. The van der Waals surface area contributed by atoms with Gasteiger partial charge < -0.3 is 5.32 Å². The molecule has 0 aliphatic heterocycles. The Bertz CT molecular complexity index is 451. The molecule has 15 heavy (non-hydrogen) atoms. The number of hydrogen-bond donors (Lipinski definition) is 1. The third kappa shape index (κ3) is 2.51. The second-order valence-electron chi connectivity index (χ2n) is 5.05. The molecule has 80 valence electrons. The summed E-state index contributed by atoms with van der Waals surface area (Å²) in [4.78, 5) is 0. The van der Waals surface area contributed by atoms with Crippen molar-refractivity contribution in [3.63, 3.8) is 0 Å². The van der Waals surface area contributed by atoms with E-state index >= 15 is 0 Å². The second kappa shape index (κ2) is 3.86. The fraction of sp³-hybridized carbons (Fsp3) is 0.385. The summed E-state index contributed by atoms with van der Waals surface area (Å²) in [5.41, 5.74) is 1.57. The van der Waals surface area contributed by atoms with Gasteiger partial charge >= 0.3 is 0 Å². The van der Waals surface area contributed by atoms with Crippen LogP contribution in [0, 0.1) is 5.41 Å². The van der Waals surface area contributed by atoms with Gasteiger partial charge in [0.2, 0.25) is 0 Å². The van der Waals surface area contributed by atoms with E-state index in [2.05, 4.69) is 55.7 Å². The zero-order valence-electron chi connectivity index (χ0n) is 9.50. The van der Waals surface area contributed by atoms with Gasteiger partial charge in [-0.05, 0) is 29.0 Å². The molecule has 1 aromatic carbocycles. The topological polar surface area (TPSA) is 12.0 Å². The van der Waals surface area contributed by atoms with Gasteiger partial charge in [-0.2, -0.15) is 0 Å². The van der Waals surface area contributed by atoms with Gasteiger partial charge in [-0.15, -0.1) is 11.3 Å². The van der Waals surface area contributed by atoms with Crippen molar-refractivity contribution in [2.45, 2.75) is 20.8 Å². The summed E-state index contributed by atoms with van der Waals surface area (Å²) in [7, 11) is 0. The number of thiophene rings is 1. The minimum atomic E-state index is 0.318. The number of fused-ring (bicyclic) bond motifs is 1. The van der Waals surface area contributed by atoms with E-state index in [9.17, 15) is 0 Å². The molecule has 2 rings (SSSR count). The largest absolute Gasteiger partial charge is 0.384 e. The first-order valence-corrected chi connectivity index (χ1v) is 6.14. The number of anilines is 1. The van der Waals surface area contributed by atoms with E-state index in [-0.39, 0.29) is 0 Å². The number of hydrogen-bond acceptors (Lipinski definition) is 2. The molecular formula is C13H17NS. The Morgan fingerprint density at radius 1 is 1.20 bits per heavy atom. The van der Waals surface area contributed by atoms with E-state index in [0.29, 0.717) is 5.41 Å². The van der Waals surface area contributed by atoms with E-state index < -0.39 is 0 Å². The molecule has 0 radical (unpaired) electrons. The highest BCUT2D eigenvalue weighted by Crippen LogP contribution is 2.28. The minimum Gasteiger partial charge on any atom is -0.384 e. The first kappa shape index (κ1) is 10.5. The number of benzene rings is 1. The van der Waals surface area contributed by atoms with Crippen LogP contribution in [0.4, 0.5) is 5.69 Å². The quantitative estimate of drug-likeness (QED) is 0.791. The smallest absolute Gasteiger partial charge is 0.0428 e. The molecule has 0 saturated heterocycles. The third-order valence-corrected chi connectivity index (χ3v) is 3.19. The van der Waals surface area contributed by atoms with Crippen LogP contribution in [0.25, 0.3) is 10.1 Å². The Balaban J connectivity index is 2.24. The van der Waals surface area contributed by atoms with Gasteiger partial charge in [0.1, 0.15) is 0 Å². The van der Waals surface area contributed by atoms with Gasteiger partial charge in [-0.1, -0.05) is 26.8 Å². The van der Waals surface area contributed by atoms with Crippen molar-refractivity contribution in [2.75, 3.05) is 11.9 Å². The summed E-state index contributed by atoms with van der Waals surface area (Å²) in [5.74, 6) is 0. The standard InChI is InChI=1S/C13H17NS/c1-13(2,3)9-14-11-5-4-6-12-10(11)7-8-15-12/h4-8,14H,9H2,1-3H3. The highest BCUT2D eigenvalue weighted by atomic mass is 32.1. The van der Waals surface area contributed by atoms with E-state index in [1.165, 1.54) is 15.8 Å². The molecule has 2 aromatic rings. The average molecular weight is 219 g/mol. The summed E-state index contributed by atoms with van der Waals surface area (Å²) in [6.07, 6.45) is 0. The van der Waals surface area contributed by atoms with Crippen LogP contribution in [0.3, 0.4) is 0 Å². The normalized spacial score (nSPS) is 11.9. The predicted molar refractivity (Wildman–Crippen MR) is 69.8 cm³/mol. The average Bonchev–Trinajstić information content (AvgIpc) is 2.61. The van der Waals surface area contributed by atoms with Crippen LogP contribution in [-0.4, -0.2) is 6.54 Å². The molecule has 0 aliphatic carbocycles. The van der Waals surface area contributed by atoms with Crippen molar-refractivity contribution in [2.24, 2.45) is 5.41 Å². The fourth-order valence-electron chi connectivity index (χ4n) is 1.51. The van der Waals surface area contributed by atoms with E-state index in [0.717, 1.165) is 6.54 Å². The molecule has 1 aromatic heterocycles. The van der Waals surface area contributed by atoms with Gasteiger partial charge in [-0.3, -0.25) is 0 Å². The summed E-state index contributed by atoms with van der Waals surface area (Å²) in [5, 5.41) is 7.01. The molecule has 0 aliphatic rings.